The van der Waals surface area contributed by atoms with Crippen LogP contribution in [0.5, 0.6) is 0 Å². The van der Waals surface area contributed by atoms with Crippen LogP contribution in [-0.4, -0.2) is 34.4 Å². The van der Waals surface area contributed by atoms with E-state index in [1.54, 1.807) is 4.90 Å². The minimum atomic E-state index is -0.471. The van der Waals surface area contributed by atoms with Crippen LogP contribution >= 0.6 is 11.3 Å². The fraction of sp³-hybridized carbons (Fsp3) is 0.583. The first-order valence-corrected chi connectivity index (χ1v) is 7.13. The second-order valence-electron chi connectivity index (χ2n) is 4.78. The highest BCUT2D eigenvalue weighted by Gasteiger charge is 2.32. The Bertz CT molecular complexity index is 488. The van der Waals surface area contributed by atoms with Gasteiger partial charge < -0.3 is 10.6 Å². The van der Waals surface area contributed by atoms with Crippen LogP contribution in [0.25, 0.3) is 0 Å². The third-order valence-electron chi connectivity index (χ3n) is 3.52. The predicted molar refractivity (Wildman–Crippen MR) is 73.3 cm³/mol. The van der Waals surface area contributed by atoms with E-state index in [-0.39, 0.29) is 23.0 Å². The summed E-state index contributed by atoms with van der Waals surface area (Å²) in [6.45, 7) is 2.44. The molecule has 6 nitrogen and oxygen atoms in total. The number of amides is 1. The molecule has 1 aliphatic heterocycles. The molecule has 2 N–H and O–H groups in total. The monoisotopic (exact) mass is 283 g/mol. The molecule has 1 aromatic heterocycles. The zero-order valence-corrected chi connectivity index (χ0v) is 11.6. The Kier molecular flexibility index (Phi) is 4.16. The highest BCUT2D eigenvalue weighted by atomic mass is 32.1. The van der Waals surface area contributed by atoms with Crippen molar-refractivity contribution in [1.29, 1.82) is 0 Å². The maximum absolute atomic E-state index is 12.5. The molecule has 1 fully saturated rings. The largest absolute Gasteiger partial charge is 0.331 e. The molecule has 2 unspecified atom stereocenters. The lowest BCUT2D eigenvalue weighted by Crippen LogP contribution is -2.51. The Labute approximate surface area is 115 Å². The Morgan fingerprint density at radius 3 is 2.89 bits per heavy atom. The molecule has 1 aliphatic rings. The fourth-order valence-electron chi connectivity index (χ4n) is 2.55. The van der Waals surface area contributed by atoms with Crippen molar-refractivity contribution in [2.75, 3.05) is 6.54 Å². The van der Waals surface area contributed by atoms with Crippen LogP contribution in [0.3, 0.4) is 0 Å². The number of hydrogen-bond donors (Lipinski definition) is 1. The molecule has 0 radical (unpaired) electrons. The number of piperidine rings is 1. The van der Waals surface area contributed by atoms with E-state index >= 15 is 0 Å². The van der Waals surface area contributed by atoms with E-state index in [0.29, 0.717) is 11.4 Å². The quantitative estimate of drug-likeness (QED) is 0.678. The lowest BCUT2D eigenvalue weighted by molar-refractivity contribution is -0.380. The Morgan fingerprint density at radius 1 is 1.58 bits per heavy atom. The highest BCUT2D eigenvalue weighted by molar-refractivity contribution is 7.17. The van der Waals surface area contributed by atoms with Crippen molar-refractivity contribution in [3.63, 3.8) is 0 Å². The third kappa shape index (κ3) is 2.76. The van der Waals surface area contributed by atoms with Crippen LogP contribution in [0.15, 0.2) is 12.1 Å². The van der Waals surface area contributed by atoms with Crippen LogP contribution in [0.2, 0.25) is 0 Å². The normalized spacial score (nSPS) is 23.4. The van der Waals surface area contributed by atoms with Gasteiger partial charge in [0.25, 0.3) is 5.91 Å². The minimum absolute atomic E-state index is 0.00249. The van der Waals surface area contributed by atoms with E-state index in [1.807, 2.05) is 6.92 Å². The van der Waals surface area contributed by atoms with Crippen LogP contribution < -0.4 is 5.73 Å². The Morgan fingerprint density at radius 2 is 2.32 bits per heavy atom. The van der Waals surface area contributed by atoms with Crippen molar-refractivity contribution in [1.82, 2.24) is 4.90 Å². The molecule has 104 valence electrons. The summed E-state index contributed by atoms with van der Waals surface area (Å²) in [6, 6.07) is 3.08. The van der Waals surface area contributed by atoms with Crippen molar-refractivity contribution in [3.05, 3.63) is 27.1 Å². The summed E-state index contributed by atoms with van der Waals surface area (Å²) in [7, 11) is 0. The fourth-order valence-corrected chi connectivity index (χ4v) is 3.32. The first kappa shape index (κ1) is 14.0. The number of carbonyl (C=O) groups is 1. The number of likely N-dealkylation sites (tertiary alicyclic amines) is 1. The number of nitrogens with zero attached hydrogens (tertiary/aromatic N) is 2. The van der Waals surface area contributed by atoms with Gasteiger partial charge in [-0.15, -0.1) is 0 Å². The van der Waals surface area contributed by atoms with Crippen molar-refractivity contribution >= 4 is 22.2 Å². The van der Waals surface area contributed by atoms with Gasteiger partial charge in [-0.1, -0.05) is 11.3 Å². The summed E-state index contributed by atoms with van der Waals surface area (Å²) in [5.41, 5.74) is 5.73. The molecule has 2 atom stereocenters. The van der Waals surface area contributed by atoms with Gasteiger partial charge in [-0.3, -0.25) is 14.9 Å². The molecular formula is C12H17N3O3S. The number of thiophene rings is 1. The first-order valence-electron chi connectivity index (χ1n) is 6.31. The second kappa shape index (κ2) is 5.66. The summed E-state index contributed by atoms with van der Waals surface area (Å²) >= 11 is 0.926. The van der Waals surface area contributed by atoms with Gasteiger partial charge in [-0.25, -0.2) is 0 Å². The van der Waals surface area contributed by atoms with Crippen LogP contribution in [0.1, 0.15) is 35.9 Å². The predicted octanol–water partition coefficient (Wildman–Crippen LogP) is 2.00. The van der Waals surface area contributed by atoms with Gasteiger partial charge in [-0.05, 0) is 32.3 Å². The molecular weight excluding hydrogens is 266 g/mol. The lowest BCUT2D eigenvalue weighted by Gasteiger charge is -2.40. The van der Waals surface area contributed by atoms with Crippen LogP contribution in [0.4, 0.5) is 5.00 Å². The van der Waals surface area contributed by atoms with Gasteiger partial charge in [0.15, 0.2) is 0 Å². The molecule has 1 aromatic rings. The molecule has 1 amide bonds. The van der Waals surface area contributed by atoms with Gasteiger partial charge in [-0.2, -0.15) is 0 Å². The molecule has 1 saturated heterocycles. The van der Waals surface area contributed by atoms with E-state index in [9.17, 15) is 14.9 Å². The summed E-state index contributed by atoms with van der Waals surface area (Å²) in [4.78, 5) is 24.9. The third-order valence-corrected chi connectivity index (χ3v) is 4.54. The van der Waals surface area contributed by atoms with Crippen LogP contribution in [0, 0.1) is 10.1 Å². The van der Waals surface area contributed by atoms with E-state index < -0.39 is 4.92 Å². The summed E-state index contributed by atoms with van der Waals surface area (Å²) in [6.07, 6.45) is 2.92. The first-order chi connectivity index (χ1) is 9.04. The average Bonchev–Trinajstić information content (AvgIpc) is 2.87. The molecule has 2 rings (SSSR count). The molecule has 0 bridgehead atoms. The number of nitrogens with two attached hydrogens (primary N) is 1. The van der Waals surface area contributed by atoms with E-state index in [4.69, 9.17) is 5.73 Å². The molecule has 2 heterocycles. The Balaban J connectivity index is 2.22. The maximum Gasteiger partial charge on any atom is 0.324 e. The van der Waals surface area contributed by atoms with Gasteiger partial charge in [0.1, 0.15) is 0 Å². The zero-order chi connectivity index (χ0) is 14.0. The molecule has 7 heteroatoms. The van der Waals surface area contributed by atoms with Crippen molar-refractivity contribution in [3.8, 4) is 0 Å². The summed E-state index contributed by atoms with van der Waals surface area (Å²) in [5.74, 6) is -0.138. The summed E-state index contributed by atoms with van der Waals surface area (Å²) in [5, 5.41) is 10.7. The zero-order valence-electron chi connectivity index (χ0n) is 10.7. The lowest BCUT2D eigenvalue weighted by atomic mass is 9.96. The molecule has 0 spiro atoms. The number of hydrogen-bond acceptors (Lipinski definition) is 5. The SMILES string of the molecule is CC1CCCC(CN)N1C(=O)c1ccc([N+](=O)[O-])s1. The van der Waals surface area contributed by atoms with Gasteiger partial charge >= 0.3 is 5.00 Å². The second-order valence-corrected chi connectivity index (χ2v) is 5.84. The van der Waals surface area contributed by atoms with Crippen LogP contribution in [-0.2, 0) is 0 Å². The van der Waals surface area contributed by atoms with Gasteiger partial charge in [0.2, 0.25) is 0 Å². The maximum atomic E-state index is 12.5. The molecule has 0 aromatic carbocycles. The average molecular weight is 283 g/mol. The highest BCUT2D eigenvalue weighted by Crippen LogP contribution is 2.29. The van der Waals surface area contributed by atoms with Crippen molar-refractivity contribution < 1.29 is 9.72 Å². The number of carbonyl (C=O) groups excluding carboxylic acids is 1. The minimum Gasteiger partial charge on any atom is -0.331 e. The summed E-state index contributed by atoms with van der Waals surface area (Å²) < 4.78 is 0. The smallest absolute Gasteiger partial charge is 0.324 e. The van der Waals surface area contributed by atoms with Crippen molar-refractivity contribution in [2.45, 2.75) is 38.3 Å². The van der Waals surface area contributed by atoms with Crippen molar-refractivity contribution in [2.24, 2.45) is 5.73 Å². The van der Waals surface area contributed by atoms with Gasteiger partial charge in [0.05, 0.1) is 9.80 Å². The van der Waals surface area contributed by atoms with E-state index in [2.05, 4.69) is 0 Å². The van der Waals surface area contributed by atoms with E-state index in [0.717, 1.165) is 30.6 Å². The molecule has 0 aliphatic carbocycles. The number of nitro groups is 1. The topological polar surface area (TPSA) is 89.5 Å². The standard InChI is InChI=1S/C12H17N3O3S/c1-8-3-2-4-9(7-13)14(8)12(16)10-5-6-11(19-10)15(17)18/h5-6,8-9H,2-4,7,13H2,1H3. The number of rotatable bonds is 3. The Hall–Kier alpha value is -1.47. The molecule has 19 heavy (non-hydrogen) atoms. The van der Waals surface area contributed by atoms with Gasteiger partial charge in [0, 0.05) is 24.7 Å². The van der Waals surface area contributed by atoms with E-state index in [1.165, 1.54) is 12.1 Å². The molecule has 0 saturated carbocycles.